The number of hydrogen-bond donors (Lipinski definition) is 0. The molecule has 0 saturated heterocycles. The summed E-state index contributed by atoms with van der Waals surface area (Å²) in [6.45, 7) is 0. The molecule has 0 radical (unpaired) electrons. The maximum atomic E-state index is 11.7. The summed E-state index contributed by atoms with van der Waals surface area (Å²) in [6, 6.07) is 11.6. The minimum Gasteiger partial charge on any atom is -0.281 e. The Morgan fingerprint density at radius 2 is 1.70 bits per heavy atom. The molecule has 100 valence electrons. The molecule has 0 heterocycles. The van der Waals surface area contributed by atoms with Crippen LogP contribution in [0.5, 0.6) is 0 Å². The van der Waals surface area contributed by atoms with E-state index in [-0.39, 0.29) is 0 Å². The molecule has 20 heavy (non-hydrogen) atoms. The van der Waals surface area contributed by atoms with E-state index < -0.39 is 22.3 Å². The van der Waals surface area contributed by atoms with Crippen LogP contribution < -0.4 is 0 Å². The summed E-state index contributed by atoms with van der Waals surface area (Å²) in [6.07, 6.45) is 3.51. The summed E-state index contributed by atoms with van der Waals surface area (Å²) >= 11 is 11.3. The van der Waals surface area contributed by atoms with Crippen LogP contribution in [0.2, 0.25) is 0 Å². The molecule has 0 aliphatic heterocycles. The Bertz CT molecular complexity index is 749. The first kappa shape index (κ1) is 13.3. The molecule has 3 rings (SSSR count). The highest BCUT2D eigenvalue weighted by Gasteiger charge is 2.35. The quantitative estimate of drug-likeness (QED) is 0.783. The summed E-state index contributed by atoms with van der Waals surface area (Å²) < 4.78 is 0. The zero-order chi connectivity index (χ0) is 14.3. The molecular weight excluding hydrogens is 295 g/mol. The Balaban J connectivity index is 2.28. The van der Waals surface area contributed by atoms with E-state index in [4.69, 9.17) is 23.2 Å². The van der Waals surface area contributed by atoms with Gasteiger partial charge in [0.15, 0.2) is 0 Å². The summed E-state index contributed by atoms with van der Waals surface area (Å²) in [7, 11) is 0. The van der Waals surface area contributed by atoms with Gasteiger partial charge in [-0.3, -0.25) is 9.59 Å². The maximum absolute atomic E-state index is 11.7. The molecule has 0 fully saturated rings. The molecule has 2 aromatic rings. The number of halogens is 2. The van der Waals surface area contributed by atoms with Gasteiger partial charge in [0.1, 0.15) is 0 Å². The van der Waals surface area contributed by atoms with Gasteiger partial charge in [-0.05, 0) is 45.1 Å². The second-order valence-corrected chi connectivity index (χ2v) is 5.51. The zero-order valence-electron chi connectivity index (χ0n) is 10.3. The lowest BCUT2D eigenvalue weighted by Crippen LogP contribution is -2.24. The summed E-state index contributed by atoms with van der Waals surface area (Å²) in [5.41, 5.74) is 1.68. The third-order valence-electron chi connectivity index (χ3n) is 3.68. The first-order chi connectivity index (χ1) is 9.59. The highest BCUT2D eigenvalue weighted by molar-refractivity contribution is 6.67. The standard InChI is InChI=1S/C16H10Cl2O2/c17-15(19)13-8-7-11-10-4-2-1-3-9(10)5-6-12(11)14(13)16(18)20/h1-8,13-14H. The lowest BCUT2D eigenvalue weighted by molar-refractivity contribution is -0.120. The lowest BCUT2D eigenvalue weighted by atomic mass is 9.79. The second-order valence-electron chi connectivity index (χ2n) is 4.76. The minimum absolute atomic E-state index is 0.565. The molecule has 0 N–H and O–H groups in total. The molecule has 2 aromatic carbocycles. The van der Waals surface area contributed by atoms with Gasteiger partial charge in [-0.1, -0.05) is 48.6 Å². The third-order valence-corrected chi connectivity index (χ3v) is 4.16. The van der Waals surface area contributed by atoms with Crippen molar-refractivity contribution in [3.8, 4) is 0 Å². The fourth-order valence-electron chi connectivity index (χ4n) is 2.74. The van der Waals surface area contributed by atoms with E-state index in [1.54, 1.807) is 6.08 Å². The van der Waals surface area contributed by atoms with E-state index in [1.807, 2.05) is 42.5 Å². The summed E-state index contributed by atoms with van der Waals surface area (Å²) in [5.74, 6) is -1.42. The number of hydrogen-bond acceptors (Lipinski definition) is 2. The number of benzene rings is 2. The van der Waals surface area contributed by atoms with Crippen molar-refractivity contribution < 1.29 is 9.59 Å². The van der Waals surface area contributed by atoms with Gasteiger partial charge in [0.25, 0.3) is 0 Å². The van der Waals surface area contributed by atoms with Crippen molar-refractivity contribution in [1.29, 1.82) is 0 Å². The largest absolute Gasteiger partial charge is 0.281 e. The number of carbonyl (C=O) groups excluding carboxylic acids is 2. The summed E-state index contributed by atoms with van der Waals surface area (Å²) in [4.78, 5) is 23.2. The highest BCUT2D eigenvalue weighted by Crippen LogP contribution is 2.39. The van der Waals surface area contributed by atoms with Crippen LogP contribution in [0, 0.1) is 5.92 Å². The van der Waals surface area contributed by atoms with Crippen molar-refractivity contribution in [3.63, 3.8) is 0 Å². The van der Waals surface area contributed by atoms with E-state index in [2.05, 4.69) is 0 Å². The fourth-order valence-corrected chi connectivity index (χ4v) is 3.20. The lowest BCUT2D eigenvalue weighted by Gasteiger charge is -2.25. The fraction of sp³-hybridized carbons (Fsp3) is 0.125. The van der Waals surface area contributed by atoms with E-state index in [1.165, 1.54) is 0 Å². The first-order valence-corrected chi connectivity index (χ1v) is 6.93. The Hall–Kier alpha value is -1.64. The second kappa shape index (κ2) is 5.04. The van der Waals surface area contributed by atoms with Gasteiger partial charge < -0.3 is 0 Å². The molecule has 0 bridgehead atoms. The summed E-state index contributed by atoms with van der Waals surface area (Å²) in [5, 5.41) is 0.973. The third kappa shape index (κ3) is 2.05. The molecular formula is C16H10Cl2O2. The average molecular weight is 305 g/mol. The molecule has 2 nitrogen and oxygen atoms in total. The van der Waals surface area contributed by atoms with Crippen LogP contribution in [-0.2, 0) is 9.59 Å². The number of carbonyl (C=O) groups is 2. The van der Waals surface area contributed by atoms with E-state index in [0.29, 0.717) is 0 Å². The Labute approximate surface area is 126 Å². The Morgan fingerprint density at radius 3 is 2.40 bits per heavy atom. The molecule has 2 unspecified atom stereocenters. The number of rotatable bonds is 2. The van der Waals surface area contributed by atoms with Crippen LogP contribution in [-0.4, -0.2) is 10.5 Å². The van der Waals surface area contributed by atoms with Crippen molar-refractivity contribution in [2.24, 2.45) is 5.92 Å². The molecule has 1 aliphatic rings. The number of fused-ring (bicyclic) bond motifs is 3. The predicted molar refractivity (Wildman–Crippen MR) is 80.9 cm³/mol. The molecule has 1 aliphatic carbocycles. The van der Waals surface area contributed by atoms with Crippen LogP contribution in [0.4, 0.5) is 0 Å². The van der Waals surface area contributed by atoms with Crippen molar-refractivity contribution in [1.82, 2.24) is 0 Å². The van der Waals surface area contributed by atoms with Gasteiger partial charge in [0, 0.05) is 0 Å². The molecule has 0 aromatic heterocycles. The topological polar surface area (TPSA) is 34.1 Å². The monoisotopic (exact) mass is 304 g/mol. The van der Waals surface area contributed by atoms with Gasteiger partial charge >= 0.3 is 0 Å². The van der Waals surface area contributed by atoms with E-state index in [0.717, 1.165) is 21.9 Å². The Kier molecular flexibility index (Phi) is 3.36. The van der Waals surface area contributed by atoms with Crippen molar-refractivity contribution >= 4 is 50.5 Å². The Morgan fingerprint density at radius 1 is 0.950 bits per heavy atom. The van der Waals surface area contributed by atoms with Gasteiger partial charge in [-0.2, -0.15) is 0 Å². The minimum atomic E-state index is -0.716. The van der Waals surface area contributed by atoms with Crippen molar-refractivity contribution in [3.05, 3.63) is 53.6 Å². The van der Waals surface area contributed by atoms with Crippen LogP contribution in [0.1, 0.15) is 17.0 Å². The predicted octanol–water partition coefficient (Wildman–Crippen LogP) is 4.10. The van der Waals surface area contributed by atoms with Crippen LogP contribution >= 0.6 is 23.2 Å². The maximum Gasteiger partial charge on any atom is 0.230 e. The van der Waals surface area contributed by atoms with Crippen LogP contribution in [0.3, 0.4) is 0 Å². The zero-order valence-corrected chi connectivity index (χ0v) is 11.9. The normalized spacial score (nSPS) is 20.7. The van der Waals surface area contributed by atoms with Crippen LogP contribution in [0.15, 0.2) is 42.5 Å². The van der Waals surface area contributed by atoms with E-state index in [9.17, 15) is 9.59 Å². The van der Waals surface area contributed by atoms with Gasteiger partial charge in [-0.15, -0.1) is 0 Å². The molecule has 0 amide bonds. The van der Waals surface area contributed by atoms with Crippen molar-refractivity contribution in [2.75, 3.05) is 0 Å². The van der Waals surface area contributed by atoms with E-state index >= 15 is 0 Å². The SMILES string of the molecule is O=C(Cl)C1C=Cc2c(ccc3ccccc23)C1C(=O)Cl. The highest BCUT2D eigenvalue weighted by atomic mass is 35.5. The molecule has 4 heteroatoms. The molecule has 0 saturated carbocycles. The van der Waals surface area contributed by atoms with Gasteiger partial charge in [0.05, 0.1) is 11.8 Å². The smallest absolute Gasteiger partial charge is 0.230 e. The number of allylic oxidation sites excluding steroid dienone is 1. The first-order valence-electron chi connectivity index (χ1n) is 6.18. The molecule has 2 atom stereocenters. The average Bonchev–Trinajstić information content (AvgIpc) is 2.45. The van der Waals surface area contributed by atoms with Gasteiger partial charge in [-0.25, -0.2) is 0 Å². The van der Waals surface area contributed by atoms with Gasteiger partial charge in [0.2, 0.25) is 10.5 Å². The molecule has 0 spiro atoms. The van der Waals surface area contributed by atoms with Crippen LogP contribution in [0.25, 0.3) is 16.8 Å². The van der Waals surface area contributed by atoms with Crippen molar-refractivity contribution in [2.45, 2.75) is 5.92 Å².